The zero-order chi connectivity index (χ0) is 16.3. The Morgan fingerprint density at radius 2 is 1.95 bits per heavy atom. The topological polar surface area (TPSA) is 66.8 Å². The van der Waals surface area contributed by atoms with Crippen molar-refractivity contribution in [1.29, 1.82) is 0 Å². The van der Waals surface area contributed by atoms with E-state index in [-0.39, 0.29) is 11.4 Å². The maximum atomic E-state index is 12.3. The van der Waals surface area contributed by atoms with E-state index in [1.54, 1.807) is 24.1 Å². The van der Waals surface area contributed by atoms with Crippen LogP contribution in [0.25, 0.3) is 0 Å². The van der Waals surface area contributed by atoms with Crippen LogP contribution in [0.15, 0.2) is 35.6 Å². The molecule has 1 amide bonds. The monoisotopic (exact) mass is 303 g/mol. The highest BCUT2D eigenvalue weighted by molar-refractivity contribution is 6.08. The van der Waals surface area contributed by atoms with Crippen LogP contribution in [0.3, 0.4) is 0 Å². The predicted octanol–water partition coefficient (Wildman–Crippen LogP) is 2.78. The summed E-state index contributed by atoms with van der Waals surface area (Å²) < 4.78 is 5.13. The predicted molar refractivity (Wildman–Crippen MR) is 82.7 cm³/mol. The Balaban J connectivity index is 2.43. The van der Waals surface area contributed by atoms with Crippen LogP contribution in [0.5, 0.6) is 5.75 Å². The number of hydrogen-bond donors (Lipinski definition) is 1. The molecule has 1 atom stereocenters. The first kappa shape index (κ1) is 16.1. The maximum absolute atomic E-state index is 12.3. The van der Waals surface area contributed by atoms with Crippen LogP contribution in [0.2, 0.25) is 0 Å². The van der Waals surface area contributed by atoms with Crippen molar-refractivity contribution in [3.05, 3.63) is 41.2 Å². The molecule has 1 aliphatic heterocycles. The molecule has 0 aliphatic carbocycles. The summed E-state index contributed by atoms with van der Waals surface area (Å²) in [6.45, 7) is 3.91. The number of benzene rings is 1. The van der Waals surface area contributed by atoms with E-state index in [1.165, 1.54) is 6.92 Å². The summed E-state index contributed by atoms with van der Waals surface area (Å²) >= 11 is 0. The molecule has 0 aromatic heterocycles. The van der Waals surface area contributed by atoms with Crippen LogP contribution in [-0.2, 0) is 9.59 Å². The molecule has 0 bridgehead atoms. The first-order valence-corrected chi connectivity index (χ1v) is 7.40. The lowest BCUT2D eigenvalue weighted by atomic mass is 9.96. The largest absolute Gasteiger partial charge is 0.503 e. The SMILES string of the molecule is CCCCN1C(=O)C(O)=C(C(C)=O)[C@H]1c1ccc(OC)cc1. The summed E-state index contributed by atoms with van der Waals surface area (Å²) in [5.74, 6) is -0.486. The van der Waals surface area contributed by atoms with Crippen LogP contribution < -0.4 is 4.74 Å². The second-order valence-electron chi connectivity index (χ2n) is 5.35. The smallest absolute Gasteiger partial charge is 0.290 e. The number of carbonyl (C=O) groups excluding carboxylic acids is 2. The van der Waals surface area contributed by atoms with Gasteiger partial charge in [-0.15, -0.1) is 0 Å². The Bertz CT molecular complexity index is 604. The van der Waals surface area contributed by atoms with Gasteiger partial charge >= 0.3 is 0 Å². The number of unbranched alkanes of at least 4 members (excludes halogenated alkanes) is 1. The highest BCUT2D eigenvalue weighted by Crippen LogP contribution is 2.38. The van der Waals surface area contributed by atoms with Crippen molar-refractivity contribution in [1.82, 2.24) is 4.90 Å². The molecule has 22 heavy (non-hydrogen) atoms. The lowest BCUT2D eigenvalue weighted by Gasteiger charge is -2.26. The Hall–Kier alpha value is -2.30. The number of carbonyl (C=O) groups is 2. The molecule has 5 heteroatoms. The third-order valence-corrected chi connectivity index (χ3v) is 3.87. The Labute approximate surface area is 130 Å². The normalized spacial score (nSPS) is 18.0. The lowest BCUT2D eigenvalue weighted by molar-refractivity contribution is -0.129. The number of nitrogens with zero attached hydrogens (tertiary/aromatic N) is 1. The highest BCUT2D eigenvalue weighted by Gasteiger charge is 2.41. The number of amides is 1. The van der Waals surface area contributed by atoms with E-state index in [2.05, 4.69) is 0 Å². The summed E-state index contributed by atoms with van der Waals surface area (Å²) in [5.41, 5.74) is 0.964. The van der Waals surface area contributed by atoms with Gasteiger partial charge in [-0.2, -0.15) is 0 Å². The van der Waals surface area contributed by atoms with Crippen molar-refractivity contribution in [2.45, 2.75) is 32.7 Å². The van der Waals surface area contributed by atoms with Crippen molar-refractivity contribution >= 4 is 11.7 Å². The van der Waals surface area contributed by atoms with Crippen molar-refractivity contribution in [3.63, 3.8) is 0 Å². The van der Waals surface area contributed by atoms with Crippen LogP contribution in [0, 0.1) is 0 Å². The molecule has 0 saturated carbocycles. The van der Waals surface area contributed by atoms with Gasteiger partial charge in [0.15, 0.2) is 11.5 Å². The molecule has 1 aliphatic rings. The molecule has 118 valence electrons. The van der Waals surface area contributed by atoms with Crippen molar-refractivity contribution in [2.75, 3.05) is 13.7 Å². The van der Waals surface area contributed by atoms with E-state index < -0.39 is 17.7 Å². The number of aliphatic hydroxyl groups excluding tert-OH is 1. The molecule has 0 saturated heterocycles. The van der Waals surface area contributed by atoms with Crippen molar-refractivity contribution in [3.8, 4) is 5.75 Å². The fourth-order valence-electron chi connectivity index (χ4n) is 2.71. The quantitative estimate of drug-likeness (QED) is 0.877. The van der Waals surface area contributed by atoms with Gasteiger partial charge in [-0.3, -0.25) is 9.59 Å². The third-order valence-electron chi connectivity index (χ3n) is 3.87. The van der Waals surface area contributed by atoms with E-state index in [1.807, 2.05) is 19.1 Å². The minimum Gasteiger partial charge on any atom is -0.503 e. The van der Waals surface area contributed by atoms with Gasteiger partial charge in [0.25, 0.3) is 5.91 Å². The average molecular weight is 303 g/mol. The maximum Gasteiger partial charge on any atom is 0.290 e. The van der Waals surface area contributed by atoms with Gasteiger partial charge in [-0.05, 0) is 31.0 Å². The van der Waals surface area contributed by atoms with Gasteiger partial charge in [0.05, 0.1) is 18.7 Å². The van der Waals surface area contributed by atoms with Crippen LogP contribution in [-0.4, -0.2) is 35.4 Å². The summed E-state index contributed by atoms with van der Waals surface area (Å²) in [6, 6.07) is 6.67. The Morgan fingerprint density at radius 1 is 1.32 bits per heavy atom. The molecule has 1 aromatic carbocycles. The standard InChI is InChI=1S/C17H21NO4/c1-4-5-10-18-15(12-6-8-13(22-3)9-7-12)14(11(2)19)16(20)17(18)21/h6-9,15,20H,4-5,10H2,1-3H3/t15-/m1/s1. The fourth-order valence-corrected chi connectivity index (χ4v) is 2.71. The second kappa shape index (κ2) is 6.64. The number of hydrogen-bond acceptors (Lipinski definition) is 4. The summed E-state index contributed by atoms with van der Waals surface area (Å²) in [4.78, 5) is 25.7. The summed E-state index contributed by atoms with van der Waals surface area (Å²) in [5, 5.41) is 10.1. The van der Waals surface area contributed by atoms with E-state index >= 15 is 0 Å². The minimum atomic E-state index is -0.526. The van der Waals surface area contributed by atoms with Crippen LogP contribution in [0.4, 0.5) is 0 Å². The molecule has 1 N–H and O–H groups in total. The van der Waals surface area contributed by atoms with Crippen molar-refractivity contribution < 1.29 is 19.4 Å². The highest BCUT2D eigenvalue weighted by atomic mass is 16.5. The summed E-state index contributed by atoms with van der Waals surface area (Å²) in [6.07, 6.45) is 1.74. The Morgan fingerprint density at radius 3 is 2.45 bits per heavy atom. The minimum absolute atomic E-state index is 0.172. The number of ketones is 1. The van der Waals surface area contributed by atoms with Crippen LogP contribution >= 0.6 is 0 Å². The van der Waals surface area contributed by atoms with Gasteiger partial charge in [0, 0.05) is 6.54 Å². The van der Waals surface area contributed by atoms with Gasteiger partial charge in [-0.25, -0.2) is 0 Å². The third kappa shape index (κ3) is 2.84. The number of Topliss-reactive ketones (excluding diaryl/α,β-unsaturated/α-hetero) is 1. The first-order valence-electron chi connectivity index (χ1n) is 7.40. The van der Waals surface area contributed by atoms with E-state index in [4.69, 9.17) is 4.74 Å². The summed E-state index contributed by atoms with van der Waals surface area (Å²) in [7, 11) is 1.58. The number of ether oxygens (including phenoxy) is 1. The Kier molecular flexibility index (Phi) is 4.85. The zero-order valence-corrected chi connectivity index (χ0v) is 13.1. The molecule has 0 fully saturated rings. The van der Waals surface area contributed by atoms with Crippen molar-refractivity contribution in [2.24, 2.45) is 0 Å². The lowest BCUT2D eigenvalue weighted by Crippen LogP contribution is -2.31. The molecule has 1 aromatic rings. The number of aliphatic hydroxyl groups is 1. The molecule has 5 nitrogen and oxygen atoms in total. The first-order chi connectivity index (χ1) is 10.5. The molecule has 0 unspecified atom stereocenters. The molecular formula is C17H21NO4. The van der Waals surface area contributed by atoms with Gasteiger partial charge in [0.2, 0.25) is 0 Å². The van der Waals surface area contributed by atoms with Crippen LogP contribution in [0.1, 0.15) is 38.3 Å². The average Bonchev–Trinajstić information content (AvgIpc) is 2.77. The molecule has 0 spiro atoms. The fraction of sp³-hybridized carbons (Fsp3) is 0.412. The molecule has 0 radical (unpaired) electrons. The zero-order valence-electron chi connectivity index (χ0n) is 13.1. The molecular weight excluding hydrogens is 282 g/mol. The van der Waals surface area contributed by atoms with Gasteiger partial charge < -0.3 is 14.7 Å². The van der Waals surface area contributed by atoms with E-state index in [0.29, 0.717) is 12.3 Å². The van der Waals surface area contributed by atoms with E-state index in [0.717, 1.165) is 18.4 Å². The second-order valence-corrected chi connectivity index (χ2v) is 5.35. The number of methoxy groups -OCH3 is 1. The number of rotatable bonds is 6. The van der Waals surface area contributed by atoms with Gasteiger partial charge in [0.1, 0.15) is 5.75 Å². The molecule has 1 heterocycles. The van der Waals surface area contributed by atoms with Gasteiger partial charge in [-0.1, -0.05) is 25.5 Å². The molecule has 2 rings (SSSR count). The van der Waals surface area contributed by atoms with E-state index in [9.17, 15) is 14.7 Å².